The van der Waals surface area contributed by atoms with Gasteiger partial charge in [-0.25, -0.2) is 4.79 Å². The molecule has 1 aliphatic rings. The van der Waals surface area contributed by atoms with Crippen molar-refractivity contribution in [2.75, 3.05) is 31.3 Å². The summed E-state index contributed by atoms with van der Waals surface area (Å²) >= 11 is 1.66. The van der Waals surface area contributed by atoms with Crippen LogP contribution in [0.4, 0.5) is 10.5 Å². The molecule has 0 saturated carbocycles. The number of ether oxygens (including phenoxy) is 4. The molecule has 1 fully saturated rings. The van der Waals surface area contributed by atoms with Gasteiger partial charge in [-0.3, -0.25) is 4.79 Å². The molecular formula is C31H36N2O7S. The van der Waals surface area contributed by atoms with Crippen molar-refractivity contribution in [2.45, 2.75) is 43.8 Å². The predicted octanol–water partition coefficient (Wildman–Crippen LogP) is 5.46. The summed E-state index contributed by atoms with van der Waals surface area (Å²) in [7, 11) is 1.66. The van der Waals surface area contributed by atoms with E-state index in [1.807, 2.05) is 60.7 Å². The Balaban J connectivity index is 1.53. The lowest BCUT2D eigenvalue weighted by molar-refractivity contribution is -0.268. The molecule has 0 aliphatic carbocycles. The van der Waals surface area contributed by atoms with E-state index in [-0.39, 0.29) is 37.9 Å². The van der Waals surface area contributed by atoms with Gasteiger partial charge in [-0.1, -0.05) is 55.5 Å². The predicted molar refractivity (Wildman–Crippen MR) is 157 cm³/mol. The number of esters is 1. The van der Waals surface area contributed by atoms with Crippen LogP contribution in [0.25, 0.3) is 0 Å². The summed E-state index contributed by atoms with van der Waals surface area (Å²) in [6.07, 6.45) is -1.13. The average molecular weight is 581 g/mol. The first-order chi connectivity index (χ1) is 19.9. The molecule has 4 atom stereocenters. The van der Waals surface area contributed by atoms with E-state index >= 15 is 0 Å². The molecule has 4 rings (SSSR count). The number of amides is 2. The second-order valence-electron chi connectivity index (χ2n) is 9.52. The van der Waals surface area contributed by atoms with Crippen LogP contribution in [0, 0.1) is 5.92 Å². The minimum Gasteiger partial charge on any atom is -0.496 e. The fraction of sp³-hybridized carbons (Fsp3) is 0.355. The molecule has 10 heteroatoms. The largest absolute Gasteiger partial charge is 0.496 e. The number of nitrogens with one attached hydrogen (secondary N) is 2. The van der Waals surface area contributed by atoms with Crippen LogP contribution in [0.2, 0.25) is 0 Å². The number of hydrogen-bond acceptors (Lipinski definition) is 8. The molecule has 41 heavy (non-hydrogen) atoms. The summed E-state index contributed by atoms with van der Waals surface area (Å²) in [4.78, 5) is 24.9. The number of aliphatic hydroxyl groups is 1. The molecule has 0 unspecified atom stereocenters. The molecule has 0 bridgehead atoms. The zero-order valence-corrected chi connectivity index (χ0v) is 24.2. The number of hydrogen-bond donors (Lipinski definition) is 3. The van der Waals surface area contributed by atoms with Crippen LogP contribution < -0.4 is 15.4 Å². The first kappa shape index (κ1) is 30.4. The average Bonchev–Trinajstić information content (AvgIpc) is 3.00. The van der Waals surface area contributed by atoms with Crippen molar-refractivity contribution in [2.24, 2.45) is 5.92 Å². The molecule has 3 aromatic carbocycles. The van der Waals surface area contributed by atoms with E-state index in [9.17, 15) is 14.7 Å². The van der Waals surface area contributed by atoms with E-state index in [2.05, 4.69) is 17.6 Å². The van der Waals surface area contributed by atoms with Gasteiger partial charge in [0, 0.05) is 27.8 Å². The van der Waals surface area contributed by atoms with Crippen molar-refractivity contribution < 1.29 is 33.6 Å². The maximum Gasteiger partial charge on any atom is 0.325 e. The molecule has 0 spiro atoms. The highest BCUT2D eigenvalue weighted by Gasteiger charge is 2.38. The molecule has 1 aliphatic heterocycles. The Bertz CT molecular complexity index is 1300. The molecule has 2 amide bonds. The van der Waals surface area contributed by atoms with Gasteiger partial charge in [0.25, 0.3) is 0 Å². The van der Waals surface area contributed by atoms with Gasteiger partial charge in [-0.05, 0) is 42.3 Å². The summed E-state index contributed by atoms with van der Waals surface area (Å²) in [5.74, 6) is 0.985. The van der Waals surface area contributed by atoms with E-state index < -0.39 is 18.3 Å². The number of carbonyl (C=O) groups excluding carboxylic acids is 2. The van der Waals surface area contributed by atoms with Crippen LogP contribution in [0.3, 0.4) is 0 Å². The van der Waals surface area contributed by atoms with Gasteiger partial charge >= 0.3 is 12.0 Å². The Kier molecular flexibility index (Phi) is 11.0. The van der Waals surface area contributed by atoms with Crippen molar-refractivity contribution in [1.29, 1.82) is 0 Å². The quantitative estimate of drug-likeness (QED) is 0.202. The fourth-order valence-corrected chi connectivity index (χ4v) is 5.72. The first-order valence-electron chi connectivity index (χ1n) is 13.5. The number of benzene rings is 3. The highest BCUT2D eigenvalue weighted by molar-refractivity contribution is 7.99. The number of thioether (sulfide) groups is 1. The number of rotatable bonds is 11. The molecule has 0 radical (unpaired) electrons. The fourth-order valence-electron chi connectivity index (χ4n) is 4.52. The summed E-state index contributed by atoms with van der Waals surface area (Å²) < 4.78 is 23.4. The minimum absolute atomic E-state index is 0.0170. The smallest absolute Gasteiger partial charge is 0.325 e. The monoisotopic (exact) mass is 580 g/mol. The molecule has 9 nitrogen and oxygen atoms in total. The summed E-state index contributed by atoms with van der Waals surface area (Å²) in [5.41, 5.74) is 3.08. The molecule has 0 aromatic heterocycles. The van der Waals surface area contributed by atoms with Gasteiger partial charge in [-0.15, -0.1) is 11.8 Å². The maximum absolute atomic E-state index is 12.3. The van der Waals surface area contributed by atoms with Crippen LogP contribution in [0.15, 0.2) is 77.7 Å². The van der Waals surface area contributed by atoms with E-state index in [4.69, 9.17) is 18.9 Å². The molecule has 3 N–H and O–H groups in total. The third kappa shape index (κ3) is 8.23. The second kappa shape index (κ2) is 14.9. The molecule has 1 saturated heterocycles. The van der Waals surface area contributed by atoms with E-state index in [1.165, 1.54) is 0 Å². The van der Waals surface area contributed by atoms with Crippen molar-refractivity contribution in [3.05, 3.63) is 89.5 Å². The van der Waals surface area contributed by atoms with Gasteiger partial charge in [0.15, 0.2) is 6.29 Å². The topological polar surface area (TPSA) is 115 Å². The zero-order valence-electron chi connectivity index (χ0n) is 23.4. The normalized spacial score (nSPS) is 20.2. The molecular weight excluding hydrogens is 544 g/mol. The SMILES string of the molecule is CCOC(=O)CNC(=O)Nc1cccc([C@H]2O[C@@H](CSc3ccccc3OC)[C@@H](C)[C@@H](c3ccc(CO)cc3)O2)c1. The van der Waals surface area contributed by atoms with Gasteiger partial charge in [0.1, 0.15) is 12.3 Å². The van der Waals surface area contributed by atoms with Crippen molar-refractivity contribution >= 4 is 29.4 Å². The molecule has 3 aromatic rings. The van der Waals surface area contributed by atoms with Crippen LogP contribution in [0.5, 0.6) is 5.75 Å². The number of para-hydroxylation sites is 1. The standard InChI is InChI=1S/C31H36N2O7S/c1-4-38-28(35)17-32-31(36)33-24-9-7-8-23(16-24)30-39-26(19-41-27-11-6-5-10-25(27)37-3)20(2)29(40-30)22-14-12-21(18-34)13-15-22/h5-16,20,26,29-30,34H,4,17-19H2,1-3H3,(H2,32,33,36)/t20-,26+,29+,30+/m1/s1. The zero-order chi connectivity index (χ0) is 29.2. The highest BCUT2D eigenvalue weighted by atomic mass is 32.2. The van der Waals surface area contributed by atoms with Gasteiger partial charge < -0.3 is 34.7 Å². The Morgan fingerprint density at radius 3 is 2.51 bits per heavy atom. The molecule has 218 valence electrons. The first-order valence-corrected chi connectivity index (χ1v) is 14.5. The van der Waals surface area contributed by atoms with Crippen molar-refractivity contribution in [3.63, 3.8) is 0 Å². The maximum atomic E-state index is 12.3. The Morgan fingerprint density at radius 2 is 1.78 bits per heavy atom. The van der Waals surface area contributed by atoms with Gasteiger partial charge in [0.2, 0.25) is 0 Å². The number of anilines is 1. The number of urea groups is 1. The van der Waals surface area contributed by atoms with Crippen LogP contribution in [-0.2, 0) is 25.6 Å². The van der Waals surface area contributed by atoms with E-state index in [1.54, 1.807) is 37.9 Å². The van der Waals surface area contributed by atoms with Gasteiger partial charge in [-0.2, -0.15) is 0 Å². The summed E-state index contributed by atoms with van der Waals surface area (Å²) in [5, 5.41) is 14.7. The molecule has 1 heterocycles. The van der Waals surface area contributed by atoms with Crippen molar-refractivity contribution in [1.82, 2.24) is 5.32 Å². The van der Waals surface area contributed by atoms with E-state index in [0.29, 0.717) is 11.4 Å². The Morgan fingerprint density at radius 1 is 1.00 bits per heavy atom. The summed E-state index contributed by atoms with van der Waals surface area (Å²) in [6.45, 7) is 3.80. The lowest BCUT2D eigenvalue weighted by atomic mass is 9.91. The van der Waals surface area contributed by atoms with Crippen LogP contribution in [-0.4, -0.2) is 49.2 Å². The Labute approximate surface area is 244 Å². The highest BCUT2D eigenvalue weighted by Crippen LogP contribution is 2.44. The lowest BCUT2D eigenvalue weighted by Gasteiger charge is -2.41. The second-order valence-corrected chi connectivity index (χ2v) is 10.6. The third-order valence-electron chi connectivity index (χ3n) is 6.71. The van der Waals surface area contributed by atoms with Crippen LogP contribution in [0.1, 0.15) is 42.9 Å². The number of aliphatic hydroxyl groups excluding tert-OH is 1. The number of methoxy groups -OCH3 is 1. The van der Waals surface area contributed by atoms with Gasteiger partial charge in [0.05, 0.1) is 32.5 Å². The third-order valence-corrected chi connectivity index (χ3v) is 7.85. The minimum atomic E-state index is -0.693. The Hall–Kier alpha value is -3.57. The lowest BCUT2D eigenvalue weighted by Crippen LogP contribution is -2.38. The van der Waals surface area contributed by atoms with Crippen LogP contribution >= 0.6 is 11.8 Å². The van der Waals surface area contributed by atoms with Crippen molar-refractivity contribution in [3.8, 4) is 5.75 Å². The summed E-state index contributed by atoms with van der Waals surface area (Å²) in [6, 6.07) is 22.3. The number of carbonyl (C=O) groups is 2. The van der Waals surface area contributed by atoms with E-state index in [0.717, 1.165) is 27.3 Å².